The number of carbonyl (C=O) groups is 1. The predicted octanol–water partition coefficient (Wildman–Crippen LogP) is 1.17. The summed E-state index contributed by atoms with van der Waals surface area (Å²) in [5.41, 5.74) is 1.14. The minimum Gasteiger partial charge on any atom is -0.456 e. The van der Waals surface area contributed by atoms with Crippen LogP contribution in [0.15, 0.2) is 6.07 Å². The van der Waals surface area contributed by atoms with Gasteiger partial charge in [0.05, 0.1) is 24.9 Å². The summed E-state index contributed by atoms with van der Waals surface area (Å²) < 4.78 is 10.6. The highest BCUT2D eigenvalue weighted by molar-refractivity contribution is 7.18. The summed E-state index contributed by atoms with van der Waals surface area (Å²) in [4.78, 5) is 12.6. The summed E-state index contributed by atoms with van der Waals surface area (Å²) in [6, 6.07) is 1.90. The molecule has 92 valence electrons. The van der Waals surface area contributed by atoms with E-state index in [1.807, 2.05) is 6.07 Å². The minimum atomic E-state index is -0.235. The zero-order valence-electron chi connectivity index (χ0n) is 9.32. The number of nitrogens with one attached hydrogen (secondary N) is 2. The van der Waals surface area contributed by atoms with E-state index in [9.17, 15) is 4.79 Å². The summed E-state index contributed by atoms with van der Waals surface area (Å²) in [5, 5.41) is 7.46. The second-order valence-corrected chi connectivity index (χ2v) is 5.19. The van der Waals surface area contributed by atoms with Crippen molar-refractivity contribution in [3.8, 4) is 0 Å². The fourth-order valence-corrected chi connectivity index (χ4v) is 2.92. The molecule has 3 rings (SSSR count). The predicted molar refractivity (Wildman–Crippen MR) is 64.3 cm³/mol. The summed E-state index contributed by atoms with van der Waals surface area (Å²) >= 11 is 1.46. The van der Waals surface area contributed by atoms with E-state index in [1.54, 1.807) is 0 Å². The second-order valence-electron chi connectivity index (χ2n) is 4.14. The van der Waals surface area contributed by atoms with Gasteiger partial charge in [0.1, 0.15) is 11.0 Å². The van der Waals surface area contributed by atoms with Crippen molar-refractivity contribution in [2.24, 2.45) is 0 Å². The molecule has 1 atom stereocenters. The van der Waals surface area contributed by atoms with Crippen LogP contribution in [0.4, 0.5) is 5.00 Å². The van der Waals surface area contributed by atoms with Gasteiger partial charge in [-0.3, -0.25) is 5.32 Å². The number of thiophene rings is 1. The number of esters is 1. The molecule has 1 aromatic heterocycles. The monoisotopic (exact) mass is 254 g/mol. The van der Waals surface area contributed by atoms with E-state index in [0.29, 0.717) is 18.1 Å². The van der Waals surface area contributed by atoms with E-state index < -0.39 is 0 Å². The fraction of sp³-hybridized carbons (Fsp3) is 0.545. The van der Waals surface area contributed by atoms with Gasteiger partial charge < -0.3 is 14.8 Å². The Labute approximate surface area is 103 Å². The lowest BCUT2D eigenvalue weighted by molar-refractivity contribution is 0.0276. The molecule has 0 unspecified atom stereocenters. The molecule has 17 heavy (non-hydrogen) atoms. The van der Waals surface area contributed by atoms with Crippen LogP contribution < -0.4 is 10.6 Å². The number of hydrogen-bond acceptors (Lipinski definition) is 6. The Kier molecular flexibility index (Phi) is 3.00. The van der Waals surface area contributed by atoms with Gasteiger partial charge >= 0.3 is 5.97 Å². The van der Waals surface area contributed by atoms with Gasteiger partial charge in [0, 0.05) is 18.5 Å². The van der Waals surface area contributed by atoms with Crippen molar-refractivity contribution >= 4 is 22.3 Å². The molecule has 0 amide bonds. The van der Waals surface area contributed by atoms with Crippen LogP contribution in [-0.2, 0) is 16.0 Å². The summed E-state index contributed by atoms with van der Waals surface area (Å²) in [6.45, 7) is 2.76. The zero-order chi connectivity index (χ0) is 11.7. The Morgan fingerprint density at radius 1 is 1.59 bits per heavy atom. The highest BCUT2D eigenvalue weighted by atomic mass is 32.1. The van der Waals surface area contributed by atoms with Gasteiger partial charge in [0.25, 0.3) is 0 Å². The van der Waals surface area contributed by atoms with Crippen molar-refractivity contribution in [2.75, 3.05) is 25.2 Å². The molecule has 2 aliphatic heterocycles. The van der Waals surface area contributed by atoms with Crippen LogP contribution in [-0.4, -0.2) is 32.0 Å². The van der Waals surface area contributed by atoms with Crippen LogP contribution in [0, 0.1) is 0 Å². The Balaban J connectivity index is 1.70. The molecule has 5 nitrogen and oxygen atoms in total. The highest BCUT2D eigenvalue weighted by Crippen LogP contribution is 2.30. The van der Waals surface area contributed by atoms with Crippen LogP contribution in [0.25, 0.3) is 0 Å². The lowest BCUT2D eigenvalue weighted by Gasteiger charge is -2.13. The average Bonchev–Trinajstić information content (AvgIpc) is 2.96. The molecule has 0 saturated carbocycles. The normalized spacial score (nSPS) is 22.9. The van der Waals surface area contributed by atoms with Crippen molar-refractivity contribution in [3.63, 3.8) is 0 Å². The van der Waals surface area contributed by atoms with Gasteiger partial charge in [-0.25, -0.2) is 4.79 Å². The maximum atomic E-state index is 11.9. The van der Waals surface area contributed by atoms with E-state index in [2.05, 4.69) is 10.6 Å². The summed E-state index contributed by atoms with van der Waals surface area (Å²) in [6.07, 6.45) is 0.726. The van der Waals surface area contributed by atoms with Crippen molar-refractivity contribution in [3.05, 3.63) is 16.5 Å². The van der Waals surface area contributed by atoms with Crippen molar-refractivity contribution in [2.45, 2.75) is 19.1 Å². The number of anilines is 1. The van der Waals surface area contributed by atoms with Crippen molar-refractivity contribution < 1.29 is 14.3 Å². The SMILES string of the molecule is O=C(O[C@H]1CCOC1)c1cc2c(s1)NCNC2. The molecular weight excluding hydrogens is 240 g/mol. The van der Waals surface area contributed by atoms with E-state index in [0.717, 1.165) is 30.2 Å². The Morgan fingerprint density at radius 2 is 2.53 bits per heavy atom. The first-order valence-corrected chi connectivity index (χ1v) is 6.50. The maximum absolute atomic E-state index is 11.9. The zero-order valence-corrected chi connectivity index (χ0v) is 10.1. The second kappa shape index (κ2) is 4.64. The molecule has 0 spiro atoms. The van der Waals surface area contributed by atoms with E-state index in [1.165, 1.54) is 11.3 Å². The molecule has 0 radical (unpaired) electrons. The van der Waals surface area contributed by atoms with Crippen LogP contribution in [0.2, 0.25) is 0 Å². The van der Waals surface area contributed by atoms with Gasteiger partial charge in [0.15, 0.2) is 0 Å². The van der Waals surface area contributed by atoms with Crippen LogP contribution in [0.1, 0.15) is 21.7 Å². The third-order valence-corrected chi connectivity index (χ3v) is 3.98. The number of ether oxygens (including phenoxy) is 2. The minimum absolute atomic E-state index is 0.0762. The lowest BCUT2D eigenvalue weighted by Crippen LogP contribution is -2.26. The first-order valence-electron chi connectivity index (χ1n) is 5.69. The smallest absolute Gasteiger partial charge is 0.348 e. The third-order valence-electron chi connectivity index (χ3n) is 2.86. The lowest BCUT2D eigenvalue weighted by atomic mass is 10.2. The van der Waals surface area contributed by atoms with Gasteiger partial charge in [-0.15, -0.1) is 11.3 Å². The van der Waals surface area contributed by atoms with Crippen LogP contribution >= 0.6 is 11.3 Å². The van der Waals surface area contributed by atoms with Crippen molar-refractivity contribution in [1.82, 2.24) is 5.32 Å². The molecule has 1 fully saturated rings. The van der Waals surface area contributed by atoms with E-state index >= 15 is 0 Å². The highest BCUT2D eigenvalue weighted by Gasteiger charge is 2.23. The molecule has 2 aliphatic rings. The van der Waals surface area contributed by atoms with Gasteiger partial charge in [-0.2, -0.15) is 0 Å². The third kappa shape index (κ3) is 2.29. The molecular formula is C11H14N2O3S. The quantitative estimate of drug-likeness (QED) is 0.776. The Hall–Kier alpha value is -1.11. The summed E-state index contributed by atoms with van der Waals surface area (Å²) in [5.74, 6) is -0.235. The topological polar surface area (TPSA) is 59.6 Å². The van der Waals surface area contributed by atoms with E-state index in [4.69, 9.17) is 9.47 Å². The Morgan fingerprint density at radius 3 is 3.29 bits per heavy atom. The first-order chi connectivity index (χ1) is 8.33. The number of fused-ring (bicyclic) bond motifs is 1. The molecule has 1 aromatic rings. The standard InChI is InChI=1S/C11H14N2O3S/c14-11(16-8-1-2-15-5-8)9-3-7-4-12-6-13-10(7)17-9/h3,8,12-13H,1-2,4-6H2/t8-/m0/s1. The fourth-order valence-electron chi connectivity index (χ4n) is 1.97. The number of carbonyl (C=O) groups excluding carboxylic acids is 1. The molecule has 0 aliphatic carbocycles. The first kappa shape index (κ1) is 11.0. The number of hydrogen-bond donors (Lipinski definition) is 2. The Bertz CT molecular complexity index is 403. The molecule has 2 N–H and O–H groups in total. The van der Waals surface area contributed by atoms with Gasteiger partial charge in [-0.1, -0.05) is 0 Å². The largest absolute Gasteiger partial charge is 0.456 e. The van der Waals surface area contributed by atoms with Crippen molar-refractivity contribution in [1.29, 1.82) is 0 Å². The molecule has 0 bridgehead atoms. The van der Waals surface area contributed by atoms with Gasteiger partial charge in [0.2, 0.25) is 0 Å². The molecule has 6 heteroatoms. The van der Waals surface area contributed by atoms with Gasteiger partial charge in [-0.05, 0) is 6.07 Å². The van der Waals surface area contributed by atoms with Crippen LogP contribution in [0.3, 0.4) is 0 Å². The molecule has 3 heterocycles. The average molecular weight is 254 g/mol. The molecule has 1 saturated heterocycles. The van der Waals surface area contributed by atoms with E-state index in [-0.39, 0.29) is 12.1 Å². The summed E-state index contributed by atoms with van der Waals surface area (Å²) in [7, 11) is 0. The maximum Gasteiger partial charge on any atom is 0.348 e. The molecule has 0 aromatic carbocycles. The number of rotatable bonds is 2. The van der Waals surface area contributed by atoms with Crippen LogP contribution in [0.5, 0.6) is 0 Å².